The van der Waals surface area contributed by atoms with Gasteiger partial charge in [0.2, 0.25) is 5.91 Å². The summed E-state index contributed by atoms with van der Waals surface area (Å²) in [7, 11) is 0. The van der Waals surface area contributed by atoms with Crippen LogP contribution < -0.4 is 10.6 Å². The minimum atomic E-state index is -1.07. The van der Waals surface area contributed by atoms with Gasteiger partial charge < -0.3 is 15.7 Å². The molecule has 0 aromatic heterocycles. The van der Waals surface area contributed by atoms with E-state index in [1.807, 2.05) is 0 Å². The fourth-order valence-electron chi connectivity index (χ4n) is 1.96. The molecule has 1 atom stereocenters. The molecule has 0 spiro atoms. The molecule has 1 aromatic rings. The Hall–Kier alpha value is -2.02. The zero-order chi connectivity index (χ0) is 15.6. The van der Waals surface area contributed by atoms with Crippen molar-refractivity contribution in [1.82, 2.24) is 5.32 Å². The molecule has 0 aliphatic carbocycles. The molecule has 2 rings (SSSR count). The van der Waals surface area contributed by atoms with Gasteiger partial charge in [-0.15, -0.1) is 11.8 Å². The molecule has 1 heterocycles. The van der Waals surface area contributed by atoms with Crippen molar-refractivity contribution >= 4 is 35.2 Å². The Labute approximate surface area is 126 Å². The van der Waals surface area contributed by atoms with E-state index in [4.69, 9.17) is 5.11 Å². The molecule has 0 saturated heterocycles. The van der Waals surface area contributed by atoms with Crippen LogP contribution >= 0.6 is 11.8 Å². The van der Waals surface area contributed by atoms with Crippen LogP contribution in [0.15, 0.2) is 23.1 Å². The largest absolute Gasteiger partial charge is 0.480 e. The van der Waals surface area contributed by atoms with Gasteiger partial charge in [-0.1, -0.05) is 13.8 Å². The lowest BCUT2D eigenvalue weighted by molar-refractivity contribution is -0.140. The van der Waals surface area contributed by atoms with Crippen molar-refractivity contribution in [1.29, 1.82) is 0 Å². The lowest BCUT2D eigenvalue weighted by atomic mass is 10.0. The first-order chi connectivity index (χ1) is 9.88. The minimum absolute atomic E-state index is 0.115. The molecule has 0 bridgehead atoms. The molecule has 1 aliphatic heterocycles. The quantitative estimate of drug-likeness (QED) is 0.784. The average molecular weight is 308 g/mol. The molecule has 0 radical (unpaired) electrons. The number of aliphatic carboxylic acids is 1. The summed E-state index contributed by atoms with van der Waals surface area (Å²) in [6.45, 7) is 3.45. The summed E-state index contributed by atoms with van der Waals surface area (Å²) < 4.78 is 0. The lowest BCUT2D eigenvalue weighted by Crippen LogP contribution is -2.44. The number of hydrogen-bond donors (Lipinski definition) is 3. The van der Waals surface area contributed by atoms with E-state index in [2.05, 4.69) is 10.6 Å². The number of carboxylic acid groups (broad SMARTS) is 1. The highest BCUT2D eigenvalue weighted by Crippen LogP contribution is 2.31. The van der Waals surface area contributed by atoms with Crippen molar-refractivity contribution in [2.75, 3.05) is 11.1 Å². The monoisotopic (exact) mass is 308 g/mol. The zero-order valence-electron chi connectivity index (χ0n) is 11.7. The Morgan fingerprint density at radius 1 is 1.38 bits per heavy atom. The molecule has 0 fully saturated rings. The zero-order valence-corrected chi connectivity index (χ0v) is 12.5. The van der Waals surface area contributed by atoms with Crippen LogP contribution in [0.2, 0.25) is 0 Å². The molecule has 2 amide bonds. The van der Waals surface area contributed by atoms with Crippen molar-refractivity contribution in [3.8, 4) is 0 Å². The summed E-state index contributed by atoms with van der Waals surface area (Å²) in [5.74, 6) is -1.52. The molecule has 21 heavy (non-hydrogen) atoms. The molecular weight excluding hydrogens is 292 g/mol. The van der Waals surface area contributed by atoms with Crippen LogP contribution in [0.1, 0.15) is 24.2 Å². The summed E-state index contributed by atoms with van der Waals surface area (Å²) in [6, 6.07) is 3.99. The number of nitrogens with one attached hydrogen (secondary N) is 2. The highest BCUT2D eigenvalue weighted by molar-refractivity contribution is 8.00. The number of fused-ring (bicyclic) bond motifs is 1. The van der Waals surface area contributed by atoms with Crippen LogP contribution in [0.3, 0.4) is 0 Å². The number of benzene rings is 1. The highest BCUT2D eigenvalue weighted by Gasteiger charge is 2.24. The second kappa shape index (κ2) is 6.17. The predicted octanol–water partition coefficient (Wildman–Crippen LogP) is 1.57. The maximum absolute atomic E-state index is 12.1. The lowest BCUT2D eigenvalue weighted by Gasteiger charge is -2.19. The Bertz CT molecular complexity index is 601. The van der Waals surface area contributed by atoms with Crippen molar-refractivity contribution < 1.29 is 19.5 Å². The number of thioether (sulfide) groups is 1. The second-order valence-electron chi connectivity index (χ2n) is 5.08. The van der Waals surface area contributed by atoms with Gasteiger partial charge in [0.1, 0.15) is 6.04 Å². The van der Waals surface area contributed by atoms with Crippen molar-refractivity contribution in [3.05, 3.63) is 23.8 Å². The first-order valence-electron chi connectivity index (χ1n) is 6.49. The van der Waals surface area contributed by atoms with Crippen molar-refractivity contribution in [3.63, 3.8) is 0 Å². The van der Waals surface area contributed by atoms with E-state index in [1.165, 1.54) is 11.8 Å². The van der Waals surface area contributed by atoms with E-state index >= 15 is 0 Å². The van der Waals surface area contributed by atoms with Gasteiger partial charge in [-0.25, -0.2) is 4.79 Å². The number of amides is 2. The maximum Gasteiger partial charge on any atom is 0.326 e. The molecule has 1 aromatic carbocycles. The van der Waals surface area contributed by atoms with Gasteiger partial charge in [0.05, 0.1) is 11.4 Å². The van der Waals surface area contributed by atoms with Crippen LogP contribution in [0.4, 0.5) is 5.69 Å². The second-order valence-corrected chi connectivity index (χ2v) is 6.10. The van der Waals surface area contributed by atoms with E-state index in [0.29, 0.717) is 17.0 Å². The van der Waals surface area contributed by atoms with Crippen LogP contribution in [-0.4, -0.2) is 34.7 Å². The SMILES string of the molecule is CC(C)[C@H](NC(=O)c1ccc2c(c1)NC(=O)CS2)C(=O)O. The van der Waals surface area contributed by atoms with Gasteiger partial charge in [-0.3, -0.25) is 9.59 Å². The number of anilines is 1. The number of rotatable bonds is 4. The van der Waals surface area contributed by atoms with E-state index < -0.39 is 17.9 Å². The molecule has 6 nitrogen and oxygen atoms in total. The normalized spacial score (nSPS) is 15.1. The Morgan fingerprint density at radius 3 is 2.71 bits per heavy atom. The third-order valence-corrected chi connectivity index (χ3v) is 4.17. The Balaban J connectivity index is 2.18. The van der Waals surface area contributed by atoms with E-state index in [1.54, 1.807) is 32.0 Å². The Morgan fingerprint density at radius 2 is 2.10 bits per heavy atom. The van der Waals surface area contributed by atoms with Crippen LogP contribution in [0, 0.1) is 5.92 Å². The summed E-state index contributed by atoms with van der Waals surface area (Å²) >= 11 is 1.40. The van der Waals surface area contributed by atoms with E-state index in [0.717, 1.165) is 4.90 Å². The summed E-state index contributed by atoms with van der Waals surface area (Å²) in [5, 5.41) is 14.3. The molecular formula is C14H16N2O4S. The fourth-order valence-corrected chi connectivity index (χ4v) is 2.75. The fraction of sp³-hybridized carbons (Fsp3) is 0.357. The van der Waals surface area contributed by atoms with Crippen molar-refractivity contribution in [2.24, 2.45) is 5.92 Å². The number of carbonyl (C=O) groups excluding carboxylic acids is 2. The molecule has 7 heteroatoms. The summed E-state index contributed by atoms with van der Waals surface area (Å²) in [4.78, 5) is 35.5. The number of carbonyl (C=O) groups is 3. The van der Waals surface area contributed by atoms with Crippen LogP contribution in [0.5, 0.6) is 0 Å². The Kier molecular flexibility index (Phi) is 4.52. The third kappa shape index (κ3) is 3.55. The standard InChI is InChI=1S/C14H16N2O4S/c1-7(2)12(14(19)20)16-13(18)8-3-4-10-9(5-8)15-11(17)6-21-10/h3-5,7,12H,6H2,1-2H3,(H,15,17)(H,16,18)(H,19,20)/t12-/m0/s1. The molecule has 112 valence electrons. The smallest absolute Gasteiger partial charge is 0.326 e. The van der Waals surface area contributed by atoms with Gasteiger partial charge >= 0.3 is 5.97 Å². The molecule has 3 N–H and O–H groups in total. The predicted molar refractivity (Wildman–Crippen MR) is 79.5 cm³/mol. The molecule has 0 unspecified atom stereocenters. The summed E-state index contributed by atoms with van der Waals surface area (Å²) in [5.41, 5.74) is 0.906. The average Bonchev–Trinajstić information content (AvgIpc) is 2.42. The number of carboxylic acids is 1. The minimum Gasteiger partial charge on any atom is -0.480 e. The van der Waals surface area contributed by atoms with Gasteiger partial charge in [0, 0.05) is 10.5 Å². The van der Waals surface area contributed by atoms with Gasteiger partial charge in [-0.2, -0.15) is 0 Å². The van der Waals surface area contributed by atoms with E-state index in [9.17, 15) is 14.4 Å². The van der Waals surface area contributed by atoms with Crippen LogP contribution in [-0.2, 0) is 9.59 Å². The highest BCUT2D eigenvalue weighted by atomic mass is 32.2. The first kappa shape index (κ1) is 15.4. The van der Waals surface area contributed by atoms with Gasteiger partial charge in [-0.05, 0) is 24.1 Å². The van der Waals surface area contributed by atoms with E-state index in [-0.39, 0.29) is 11.8 Å². The van der Waals surface area contributed by atoms with Gasteiger partial charge in [0.25, 0.3) is 5.91 Å². The summed E-state index contributed by atoms with van der Waals surface area (Å²) in [6.07, 6.45) is 0. The maximum atomic E-state index is 12.1. The molecule has 1 aliphatic rings. The molecule has 0 saturated carbocycles. The van der Waals surface area contributed by atoms with Crippen molar-refractivity contribution in [2.45, 2.75) is 24.8 Å². The topological polar surface area (TPSA) is 95.5 Å². The van der Waals surface area contributed by atoms with Gasteiger partial charge in [0.15, 0.2) is 0 Å². The first-order valence-corrected chi connectivity index (χ1v) is 7.47. The number of hydrogen-bond acceptors (Lipinski definition) is 4. The third-order valence-electron chi connectivity index (χ3n) is 3.09. The van der Waals surface area contributed by atoms with Crippen LogP contribution in [0.25, 0.3) is 0 Å².